The van der Waals surface area contributed by atoms with Crippen molar-refractivity contribution in [3.05, 3.63) is 34.1 Å². The Hall–Kier alpha value is -0.410. The Bertz CT molecular complexity index is 253. The third kappa shape index (κ3) is 2.91. The van der Waals surface area contributed by atoms with Gasteiger partial charge in [-0.15, -0.1) is 0 Å². The van der Waals surface area contributed by atoms with Crippen molar-refractivity contribution in [2.45, 2.75) is 6.54 Å². The minimum Gasteiger partial charge on any atom is -0.305 e. The molecule has 0 aliphatic heterocycles. The smallest absolute Gasteiger partial charge is 0.124 e. The first kappa shape index (κ1) is 9.68. The monoisotopic (exact) mass is 231 g/mol. The maximum Gasteiger partial charge on any atom is 0.124 e. The minimum absolute atomic E-state index is 0.193. The van der Waals surface area contributed by atoms with Crippen molar-refractivity contribution in [3.8, 4) is 0 Å². The molecule has 0 aliphatic carbocycles. The summed E-state index contributed by atoms with van der Waals surface area (Å²) in [6.07, 6.45) is 0. The van der Waals surface area contributed by atoms with Crippen molar-refractivity contribution in [1.82, 2.24) is 4.90 Å². The van der Waals surface area contributed by atoms with Crippen LogP contribution in [0, 0.1) is 5.82 Å². The lowest BCUT2D eigenvalue weighted by Gasteiger charge is -2.09. The number of benzene rings is 1. The van der Waals surface area contributed by atoms with Crippen LogP contribution in [0.5, 0.6) is 0 Å². The van der Waals surface area contributed by atoms with E-state index in [4.69, 9.17) is 0 Å². The average molecular weight is 232 g/mol. The highest BCUT2D eigenvalue weighted by molar-refractivity contribution is 9.10. The molecule has 12 heavy (non-hydrogen) atoms. The van der Waals surface area contributed by atoms with Crippen LogP contribution in [0.15, 0.2) is 22.7 Å². The Morgan fingerprint density at radius 2 is 2.00 bits per heavy atom. The van der Waals surface area contributed by atoms with Crippen LogP contribution in [0.2, 0.25) is 0 Å². The second kappa shape index (κ2) is 4.01. The van der Waals surface area contributed by atoms with E-state index in [2.05, 4.69) is 15.9 Å². The van der Waals surface area contributed by atoms with Gasteiger partial charge in [-0.3, -0.25) is 0 Å². The van der Waals surface area contributed by atoms with Crippen LogP contribution in [-0.2, 0) is 6.54 Å². The molecule has 1 aromatic carbocycles. The summed E-state index contributed by atoms with van der Waals surface area (Å²) in [5.74, 6) is -0.193. The van der Waals surface area contributed by atoms with E-state index in [0.29, 0.717) is 0 Å². The molecule has 66 valence electrons. The molecule has 1 nitrogen and oxygen atoms in total. The van der Waals surface area contributed by atoms with Crippen molar-refractivity contribution in [3.63, 3.8) is 0 Å². The molecule has 1 rings (SSSR count). The zero-order chi connectivity index (χ0) is 9.14. The lowest BCUT2D eigenvalue weighted by molar-refractivity contribution is 0.401. The predicted molar refractivity (Wildman–Crippen MR) is 51.5 cm³/mol. The average Bonchev–Trinajstić information content (AvgIpc) is 1.81. The molecule has 1 aromatic rings. The van der Waals surface area contributed by atoms with Gasteiger partial charge in [-0.05, 0) is 37.9 Å². The van der Waals surface area contributed by atoms with E-state index in [0.717, 1.165) is 16.6 Å². The highest BCUT2D eigenvalue weighted by Gasteiger charge is 1.99. The van der Waals surface area contributed by atoms with Crippen LogP contribution in [0.1, 0.15) is 5.56 Å². The number of hydrogen-bond donors (Lipinski definition) is 0. The van der Waals surface area contributed by atoms with Crippen LogP contribution in [0.4, 0.5) is 4.39 Å². The highest BCUT2D eigenvalue weighted by atomic mass is 79.9. The third-order valence-corrected chi connectivity index (χ3v) is 1.88. The van der Waals surface area contributed by atoms with Gasteiger partial charge in [0.2, 0.25) is 0 Å². The van der Waals surface area contributed by atoms with Gasteiger partial charge < -0.3 is 4.90 Å². The first-order valence-electron chi connectivity index (χ1n) is 3.67. The van der Waals surface area contributed by atoms with Gasteiger partial charge in [0.05, 0.1) is 0 Å². The molecule has 0 bridgehead atoms. The fraction of sp³-hybridized carbons (Fsp3) is 0.333. The van der Waals surface area contributed by atoms with Gasteiger partial charge in [0.15, 0.2) is 0 Å². The van der Waals surface area contributed by atoms with Crippen molar-refractivity contribution < 1.29 is 4.39 Å². The summed E-state index contributed by atoms with van der Waals surface area (Å²) < 4.78 is 13.6. The van der Waals surface area contributed by atoms with Crippen molar-refractivity contribution in [1.29, 1.82) is 0 Å². The number of halogens is 2. The fourth-order valence-corrected chi connectivity index (χ4v) is 1.58. The Morgan fingerprint density at radius 3 is 2.50 bits per heavy atom. The first-order chi connectivity index (χ1) is 5.58. The molecular weight excluding hydrogens is 221 g/mol. The lowest BCUT2D eigenvalue weighted by Crippen LogP contribution is -2.10. The molecule has 0 amide bonds. The van der Waals surface area contributed by atoms with Crippen LogP contribution >= 0.6 is 15.9 Å². The molecule has 0 aliphatic rings. The van der Waals surface area contributed by atoms with E-state index in [-0.39, 0.29) is 5.82 Å². The molecule has 0 unspecified atom stereocenters. The van der Waals surface area contributed by atoms with Gasteiger partial charge in [-0.1, -0.05) is 15.9 Å². The van der Waals surface area contributed by atoms with Gasteiger partial charge in [-0.2, -0.15) is 0 Å². The third-order valence-electron chi connectivity index (χ3n) is 1.42. The molecule has 0 fully saturated rings. The zero-order valence-corrected chi connectivity index (χ0v) is 8.73. The van der Waals surface area contributed by atoms with Crippen molar-refractivity contribution >= 4 is 15.9 Å². The molecule has 0 atom stereocenters. The second-order valence-electron chi connectivity index (χ2n) is 3.02. The van der Waals surface area contributed by atoms with E-state index in [1.165, 1.54) is 6.07 Å². The van der Waals surface area contributed by atoms with Crippen LogP contribution in [0.3, 0.4) is 0 Å². The summed E-state index contributed by atoms with van der Waals surface area (Å²) in [5, 5.41) is 0. The van der Waals surface area contributed by atoms with Crippen molar-refractivity contribution in [2.75, 3.05) is 14.1 Å². The van der Waals surface area contributed by atoms with Gasteiger partial charge in [-0.25, -0.2) is 4.39 Å². The predicted octanol–water partition coefficient (Wildman–Crippen LogP) is 2.65. The minimum atomic E-state index is -0.193. The SMILES string of the molecule is CN(C)Cc1cc(F)cc(Br)c1. The highest BCUT2D eigenvalue weighted by Crippen LogP contribution is 2.15. The Balaban J connectivity index is 2.85. The normalized spacial score (nSPS) is 10.8. The molecule has 0 spiro atoms. The molecule has 0 aromatic heterocycles. The molecule has 0 saturated carbocycles. The van der Waals surface area contributed by atoms with Crippen LogP contribution in [0.25, 0.3) is 0 Å². The first-order valence-corrected chi connectivity index (χ1v) is 4.47. The maximum absolute atomic E-state index is 12.8. The Kier molecular flexibility index (Phi) is 3.23. The van der Waals surface area contributed by atoms with Gasteiger partial charge >= 0.3 is 0 Å². The quantitative estimate of drug-likeness (QED) is 0.757. The van der Waals surface area contributed by atoms with Gasteiger partial charge in [0.25, 0.3) is 0 Å². The standard InChI is InChI=1S/C9H11BrFN/c1-12(2)6-7-3-8(10)5-9(11)4-7/h3-5H,6H2,1-2H3. The topological polar surface area (TPSA) is 3.24 Å². The zero-order valence-electron chi connectivity index (χ0n) is 7.14. The summed E-state index contributed by atoms with van der Waals surface area (Å²) in [6.45, 7) is 0.760. The fourth-order valence-electron chi connectivity index (χ4n) is 1.07. The van der Waals surface area contributed by atoms with Crippen LogP contribution in [-0.4, -0.2) is 19.0 Å². The van der Waals surface area contributed by atoms with Crippen LogP contribution < -0.4 is 0 Å². The summed E-state index contributed by atoms with van der Waals surface area (Å²) in [5.41, 5.74) is 0.979. The molecular formula is C9H11BrFN. The molecule has 0 heterocycles. The van der Waals surface area contributed by atoms with E-state index in [1.807, 2.05) is 25.1 Å². The Morgan fingerprint density at radius 1 is 1.33 bits per heavy atom. The molecule has 0 N–H and O–H groups in total. The number of rotatable bonds is 2. The van der Waals surface area contributed by atoms with Gasteiger partial charge in [0.1, 0.15) is 5.82 Å². The van der Waals surface area contributed by atoms with Gasteiger partial charge in [0, 0.05) is 11.0 Å². The second-order valence-corrected chi connectivity index (χ2v) is 3.93. The molecule has 0 radical (unpaired) electrons. The van der Waals surface area contributed by atoms with E-state index >= 15 is 0 Å². The summed E-state index contributed by atoms with van der Waals surface area (Å²) >= 11 is 3.24. The van der Waals surface area contributed by atoms with E-state index < -0.39 is 0 Å². The lowest BCUT2D eigenvalue weighted by atomic mass is 10.2. The van der Waals surface area contributed by atoms with Crippen molar-refractivity contribution in [2.24, 2.45) is 0 Å². The van der Waals surface area contributed by atoms with E-state index in [1.54, 1.807) is 6.07 Å². The molecule has 0 saturated heterocycles. The number of nitrogens with zero attached hydrogens (tertiary/aromatic N) is 1. The largest absolute Gasteiger partial charge is 0.305 e. The van der Waals surface area contributed by atoms with E-state index in [9.17, 15) is 4.39 Å². The number of hydrogen-bond acceptors (Lipinski definition) is 1. The maximum atomic E-state index is 12.8. The summed E-state index contributed by atoms with van der Waals surface area (Å²) in [4.78, 5) is 2.00. The Labute approximate surface area is 80.3 Å². The summed E-state index contributed by atoms with van der Waals surface area (Å²) in [6, 6.07) is 4.92. The molecule has 3 heteroatoms. The summed E-state index contributed by atoms with van der Waals surface area (Å²) in [7, 11) is 3.91.